The maximum atomic E-state index is 8.48. The SMILES string of the molecule is CC.CC.O.O.O.O.OCCN(CCO)CCO.OCCNCCO.[CH3+]. The van der Waals surface area contributed by atoms with E-state index in [2.05, 4.69) is 5.32 Å². The quantitative estimate of drug-likeness (QED) is 0.156. The summed E-state index contributed by atoms with van der Waals surface area (Å²) in [6.45, 7) is 11.2. The van der Waals surface area contributed by atoms with Gasteiger partial charge in [-0.15, -0.1) is 0 Å². The highest BCUT2D eigenvalue weighted by molar-refractivity contribution is 4.54. The van der Waals surface area contributed by atoms with E-state index in [-0.39, 0.29) is 62.4 Å². The molecule has 0 atom stereocenters. The zero-order valence-electron chi connectivity index (χ0n) is 17.3. The van der Waals surface area contributed by atoms with Crippen molar-refractivity contribution in [1.82, 2.24) is 10.2 Å². The van der Waals surface area contributed by atoms with Crippen LogP contribution in [0, 0.1) is 7.43 Å². The number of nitrogens with one attached hydrogen (secondary N) is 1. The third-order valence-corrected chi connectivity index (χ3v) is 1.83. The second kappa shape index (κ2) is 74.4. The van der Waals surface area contributed by atoms with Crippen LogP contribution in [0.4, 0.5) is 0 Å². The Balaban J connectivity index is -0.0000000234. The molecule has 0 spiro atoms. The van der Waals surface area contributed by atoms with Crippen molar-refractivity contribution in [2.24, 2.45) is 0 Å². The van der Waals surface area contributed by atoms with E-state index in [1.807, 2.05) is 27.7 Å². The van der Waals surface area contributed by atoms with E-state index in [0.717, 1.165) is 0 Å². The summed E-state index contributed by atoms with van der Waals surface area (Å²) in [6.07, 6.45) is 0. The number of hydrogen-bond donors (Lipinski definition) is 6. The molecule has 0 saturated carbocycles. The number of aliphatic hydroxyl groups is 5. The van der Waals surface area contributed by atoms with Gasteiger partial charge in [0.25, 0.3) is 0 Å². The van der Waals surface area contributed by atoms with Gasteiger partial charge in [0.15, 0.2) is 0 Å². The average molecular weight is 402 g/mol. The lowest BCUT2D eigenvalue weighted by Crippen LogP contribution is -2.32. The first kappa shape index (κ1) is 56.2. The molecule has 0 unspecified atom stereocenters. The van der Waals surface area contributed by atoms with Crippen LogP contribution >= 0.6 is 0 Å². The molecule has 0 aromatic rings. The van der Waals surface area contributed by atoms with Crippen LogP contribution in [0.2, 0.25) is 0 Å². The maximum absolute atomic E-state index is 8.48. The second-order valence-electron chi connectivity index (χ2n) is 3.21. The van der Waals surface area contributed by atoms with Crippen molar-refractivity contribution in [3.8, 4) is 0 Å². The highest BCUT2D eigenvalue weighted by Crippen LogP contribution is 1.84. The molecular weight excluding hydrogens is 352 g/mol. The van der Waals surface area contributed by atoms with Crippen molar-refractivity contribution in [1.29, 1.82) is 0 Å². The largest absolute Gasteiger partial charge is 0.412 e. The molecule has 26 heavy (non-hydrogen) atoms. The molecule has 14 N–H and O–H groups in total. The van der Waals surface area contributed by atoms with Gasteiger partial charge in [-0.1, -0.05) is 27.7 Å². The van der Waals surface area contributed by atoms with E-state index in [4.69, 9.17) is 25.5 Å². The van der Waals surface area contributed by atoms with Crippen molar-refractivity contribution < 1.29 is 47.4 Å². The fourth-order valence-corrected chi connectivity index (χ4v) is 1.04. The first-order valence-corrected chi connectivity index (χ1v) is 7.74. The highest BCUT2D eigenvalue weighted by Gasteiger charge is 2.00. The Kier molecular flexibility index (Phi) is 161. The van der Waals surface area contributed by atoms with E-state index in [1.54, 1.807) is 4.90 Å². The van der Waals surface area contributed by atoms with Crippen LogP contribution in [-0.4, -0.2) is 118 Å². The lowest BCUT2D eigenvalue weighted by Gasteiger charge is -2.17. The Labute approximate surface area is 159 Å². The average Bonchev–Trinajstić information content (AvgIpc) is 2.53. The fraction of sp³-hybridized carbons (Fsp3) is 0.933. The Bertz CT molecular complexity index is 121. The molecule has 11 nitrogen and oxygen atoms in total. The highest BCUT2D eigenvalue weighted by atomic mass is 16.3. The molecule has 0 aliphatic carbocycles. The zero-order chi connectivity index (χ0) is 17.4. The van der Waals surface area contributed by atoms with Gasteiger partial charge in [-0.3, -0.25) is 4.90 Å². The number of nitrogens with zero attached hydrogens (tertiary/aromatic N) is 1. The van der Waals surface area contributed by atoms with E-state index in [9.17, 15) is 0 Å². The molecule has 11 heteroatoms. The van der Waals surface area contributed by atoms with Gasteiger partial charge in [-0.05, 0) is 0 Å². The van der Waals surface area contributed by atoms with Crippen molar-refractivity contribution in [2.45, 2.75) is 27.7 Å². The first-order valence-electron chi connectivity index (χ1n) is 7.74. The van der Waals surface area contributed by atoms with Gasteiger partial charge in [-0.25, -0.2) is 0 Å². The van der Waals surface area contributed by atoms with Crippen LogP contribution in [0.1, 0.15) is 27.7 Å². The smallest absolute Gasteiger partial charge is 0.0558 e. The van der Waals surface area contributed by atoms with E-state index in [0.29, 0.717) is 32.7 Å². The van der Waals surface area contributed by atoms with Gasteiger partial charge in [-0.2, -0.15) is 0 Å². The maximum Gasteiger partial charge on any atom is 0.0558 e. The third-order valence-electron chi connectivity index (χ3n) is 1.83. The Morgan fingerprint density at radius 1 is 0.538 bits per heavy atom. The minimum atomic E-state index is 0. The number of hydrogen-bond acceptors (Lipinski definition) is 7. The summed E-state index contributed by atoms with van der Waals surface area (Å²) in [6, 6.07) is 0. The molecule has 0 amide bonds. The monoisotopic (exact) mass is 401 g/mol. The van der Waals surface area contributed by atoms with Crippen LogP contribution in [0.3, 0.4) is 0 Å². The van der Waals surface area contributed by atoms with E-state index >= 15 is 0 Å². The molecule has 0 aliphatic rings. The normalized spacial score (nSPS) is 7.15. The zero-order valence-corrected chi connectivity index (χ0v) is 17.3. The Morgan fingerprint density at radius 2 is 0.769 bits per heavy atom. The topological polar surface area (TPSA) is 242 Å². The van der Waals surface area contributed by atoms with Gasteiger partial charge >= 0.3 is 0 Å². The summed E-state index contributed by atoms with van der Waals surface area (Å²) in [5, 5.41) is 44.5. The first-order chi connectivity index (χ1) is 10.3. The molecule has 0 bridgehead atoms. The van der Waals surface area contributed by atoms with Crippen LogP contribution in [0.25, 0.3) is 0 Å². The number of aliphatic hydroxyl groups excluding tert-OH is 5. The summed E-state index contributed by atoms with van der Waals surface area (Å²) in [5.41, 5.74) is 0. The predicted octanol–water partition coefficient (Wildman–Crippen LogP) is -3.97. The van der Waals surface area contributed by atoms with Crippen molar-refractivity contribution in [2.75, 3.05) is 65.8 Å². The summed E-state index contributed by atoms with van der Waals surface area (Å²) in [5.74, 6) is 0. The standard InChI is InChI=1S/C6H15NO3.C4H11NO2.2C2H6.CH3.4H2O/c8-4-1-7(2-5-9)3-6-10;6-3-1-5-2-4-7;2*1-2;;;;;/h8-10H,1-6H2;5-7H,1-4H2;2*1-2H3;1H3;4*1H2/q;;;;+1;;;;. The molecule has 0 aliphatic heterocycles. The van der Waals surface area contributed by atoms with Gasteiger partial charge < -0.3 is 52.8 Å². The molecule has 0 saturated heterocycles. The molecule has 0 fully saturated rings. The molecule has 0 heterocycles. The minimum Gasteiger partial charge on any atom is -0.412 e. The van der Waals surface area contributed by atoms with Crippen LogP contribution < -0.4 is 5.32 Å². The summed E-state index contributed by atoms with van der Waals surface area (Å²) in [4.78, 5) is 1.79. The second-order valence-corrected chi connectivity index (χ2v) is 3.21. The van der Waals surface area contributed by atoms with Gasteiger partial charge in [0, 0.05) is 40.2 Å². The molecule has 0 rings (SSSR count). The van der Waals surface area contributed by atoms with Crippen molar-refractivity contribution in [3.63, 3.8) is 0 Å². The van der Waals surface area contributed by atoms with Gasteiger partial charge in [0.05, 0.1) is 33.0 Å². The summed E-state index contributed by atoms with van der Waals surface area (Å²) in [7, 11) is 0. The molecule has 0 aromatic carbocycles. The van der Waals surface area contributed by atoms with E-state index < -0.39 is 0 Å². The van der Waals surface area contributed by atoms with Gasteiger partial charge in [0.2, 0.25) is 0 Å². The van der Waals surface area contributed by atoms with Crippen LogP contribution in [0.5, 0.6) is 0 Å². The molecule has 0 aromatic heterocycles. The fourth-order valence-electron chi connectivity index (χ4n) is 1.04. The van der Waals surface area contributed by atoms with Crippen molar-refractivity contribution >= 4 is 0 Å². The van der Waals surface area contributed by atoms with Crippen LogP contribution in [-0.2, 0) is 0 Å². The van der Waals surface area contributed by atoms with Crippen molar-refractivity contribution in [3.05, 3.63) is 7.43 Å². The Morgan fingerprint density at radius 3 is 0.923 bits per heavy atom. The summed E-state index contributed by atoms with van der Waals surface area (Å²) < 4.78 is 0. The number of rotatable bonds is 10. The lowest BCUT2D eigenvalue weighted by atomic mass is 10.4. The Hall–Kier alpha value is -0.570. The van der Waals surface area contributed by atoms with Crippen LogP contribution in [0.15, 0.2) is 0 Å². The molecular formula is C15H49N2O9+. The predicted molar refractivity (Wildman–Crippen MR) is 108 cm³/mol. The lowest BCUT2D eigenvalue weighted by molar-refractivity contribution is 0.136. The summed E-state index contributed by atoms with van der Waals surface area (Å²) >= 11 is 0. The van der Waals surface area contributed by atoms with Gasteiger partial charge in [0.1, 0.15) is 0 Å². The molecule has 172 valence electrons. The van der Waals surface area contributed by atoms with E-state index in [1.165, 1.54) is 0 Å². The minimum absolute atomic E-state index is 0. The third kappa shape index (κ3) is 76.3. The molecule has 0 radical (unpaired) electrons.